The Bertz CT molecular complexity index is 633. The summed E-state index contributed by atoms with van der Waals surface area (Å²) >= 11 is 0. The summed E-state index contributed by atoms with van der Waals surface area (Å²) in [5, 5.41) is 13.4. The molecule has 19 heavy (non-hydrogen) atoms. The van der Waals surface area contributed by atoms with Crippen LogP contribution < -0.4 is 4.72 Å². The molecule has 2 rings (SSSR count). The SMILES string of the molecule is Cc1nn(C)c(C)c1S(=O)(=O)NC1(C#N)CCCC1. The van der Waals surface area contributed by atoms with E-state index in [1.165, 1.54) is 4.68 Å². The summed E-state index contributed by atoms with van der Waals surface area (Å²) in [6.45, 7) is 3.37. The van der Waals surface area contributed by atoms with E-state index in [2.05, 4.69) is 15.9 Å². The number of hydrogen-bond donors (Lipinski definition) is 1. The molecule has 104 valence electrons. The van der Waals surface area contributed by atoms with Crippen molar-refractivity contribution in [3.05, 3.63) is 11.4 Å². The van der Waals surface area contributed by atoms with Gasteiger partial charge in [0.05, 0.1) is 17.5 Å². The van der Waals surface area contributed by atoms with E-state index in [4.69, 9.17) is 0 Å². The molecule has 1 N–H and O–H groups in total. The molecule has 6 nitrogen and oxygen atoms in total. The molecule has 0 unspecified atom stereocenters. The molecule has 1 saturated carbocycles. The maximum Gasteiger partial charge on any atom is 0.245 e. The van der Waals surface area contributed by atoms with Crippen molar-refractivity contribution in [1.82, 2.24) is 14.5 Å². The first-order chi connectivity index (χ1) is 8.81. The lowest BCUT2D eigenvalue weighted by atomic mass is 10.0. The molecule has 0 spiro atoms. The highest BCUT2D eigenvalue weighted by atomic mass is 32.2. The highest BCUT2D eigenvalue weighted by Crippen LogP contribution is 2.31. The number of aromatic nitrogens is 2. The molecule has 1 aliphatic carbocycles. The predicted octanol–water partition coefficient (Wildman–Crippen LogP) is 1.15. The fourth-order valence-corrected chi connectivity index (χ4v) is 4.48. The van der Waals surface area contributed by atoms with Gasteiger partial charge in [-0.05, 0) is 26.7 Å². The molecule has 1 aromatic rings. The van der Waals surface area contributed by atoms with Gasteiger partial charge in [0.2, 0.25) is 10.0 Å². The molecule has 1 aromatic heterocycles. The number of rotatable bonds is 3. The van der Waals surface area contributed by atoms with Gasteiger partial charge in [-0.15, -0.1) is 0 Å². The third-order valence-corrected chi connectivity index (χ3v) is 5.50. The van der Waals surface area contributed by atoms with Crippen molar-refractivity contribution in [3.8, 4) is 6.07 Å². The number of hydrogen-bond acceptors (Lipinski definition) is 4. The lowest BCUT2D eigenvalue weighted by Crippen LogP contribution is -2.45. The molecular formula is C12H18N4O2S. The topological polar surface area (TPSA) is 87.8 Å². The van der Waals surface area contributed by atoms with Gasteiger partial charge in [0.15, 0.2) is 0 Å². The summed E-state index contributed by atoms with van der Waals surface area (Å²) in [6, 6.07) is 2.13. The van der Waals surface area contributed by atoms with E-state index in [0.29, 0.717) is 24.2 Å². The summed E-state index contributed by atoms with van der Waals surface area (Å²) in [6.07, 6.45) is 2.89. The predicted molar refractivity (Wildman–Crippen MR) is 69.8 cm³/mol. The average molecular weight is 282 g/mol. The minimum Gasteiger partial charge on any atom is -0.271 e. The summed E-state index contributed by atoms with van der Waals surface area (Å²) < 4.78 is 29.1. The smallest absolute Gasteiger partial charge is 0.245 e. The summed E-state index contributed by atoms with van der Waals surface area (Å²) in [5.74, 6) is 0. The molecule has 0 saturated heterocycles. The summed E-state index contributed by atoms with van der Waals surface area (Å²) in [5.41, 5.74) is 0.0859. The zero-order valence-electron chi connectivity index (χ0n) is 11.4. The largest absolute Gasteiger partial charge is 0.271 e. The maximum atomic E-state index is 12.5. The second-order valence-corrected chi connectivity index (χ2v) is 6.75. The summed E-state index contributed by atoms with van der Waals surface area (Å²) in [4.78, 5) is 0.191. The van der Waals surface area contributed by atoms with Gasteiger partial charge < -0.3 is 0 Å². The lowest BCUT2D eigenvalue weighted by molar-refractivity contribution is 0.484. The molecule has 1 aliphatic rings. The van der Waals surface area contributed by atoms with Crippen LogP contribution in [-0.2, 0) is 17.1 Å². The Labute approximate surface area is 113 Å². The Balaban J connectivity index is 2.41. The molecule has 0 bridgehead atoms. The van der Waals surface area contributed by atoms with E-state index in [9.17, 15) is 13.7 Å². The molecule has 0 radical (unpaired) electrons. The van der Waals surface area contributed by atoms with Gasteiger partial charge >= 0.3 is 0 Å². The minimum absolute atomic E-state index is 0.191. The van der Waals surface area contributed by atoms with Gasteiger partial charge in [0.1, 0.15) is 10.4 Å². The molecule has 0 amide bonds. The molecule has 0 aromatic carbocycles. The van der Waals surface area contributed by atoms with Crippen molar-refractivity contribution >= 4 is 10.0 Å². The van der Waals surface area contributed by atoms with Crippen LogP contribution in [0.1, 0.15) is 37.1 Å². The van der Waals surface area contributed by atoms with Crippen LogP contribution >= 0.6 is 0 Å². The Kier molecular flexibility index (Phi) is 3.41. The first-order valence-electron chi connectivity index (χ1n) is 6.27. The third kappa shape index (κ3) is 2.38. The fraction of sp³-hybridized carbons (Fsp3) is 0.667. The van der Waals surface area contributed by atoms with E-state index in [1.54, 1.807) is 20.9 Å². The number of nitrogens with zero attached hydrogens (tertiary/aromatic N) is 3. The van der Waals surface area contributed by atoms with E-state index < -0.39 is 15.6 Å². The Hall–Kier alpha value is -1.39. The number of nitriles is 1. The molecular weight excluding hydrogens is 264 g/mol. The number of sulfonamides is 1. The van der Waals surface area contributed by atoms with Crippen LogP contribution in [0.3, 0.4) is 0 Å². The van der Waals surface area contributed by atoms with Crippen LogP contribution in [0.15, 0.2) is 4.90 Å². The summed E-state index contributed by atoms with van der Waals surface area (Å²) in [7, 11) is -2.01. The molecule has 1 fully saturated rings. The second-order valence-electron chi connectivity index (χ2n) is 5.13. The van der Waals surface area contributed by atoms with E-state index >= 15 is 0 Å². The van der Waals surface area contributed by atoms with Gasteiger partial charge in [0, 0.05) is 7.05 Å². The van der Waals surface area contributed by atoms with Crippen molar-refractivity contribution in [2.45, 2.75) is 50.0 Å². The van der Waals surface area contributed by atoms with E-state index in [1.807, 2.05) is 0 Å². The van der Waals surface area contributed by atoms with Crippen LogP contribution in [0, 0.1) is 25.2 Å². The first kappa shape index (κ1) is 14.0. The van der Waals surface area contributed by atoms with Crippen molar-refractivity contribution in [3.63, 3.8) is 0 Å². The van der Waals surface area contributed by atoms with Gasteiger partial charge in [-0.1, -0.05) is 12.8 Å². The average Bonchev–Trinajstić information content (AvgIpc) is 2.85. The van der Waals surface area contributed by atoms with Gasteiger partial charge in [-0.25, -0.2) is 8.42 Å². The highest BCUT2D eigenvalue weighted by Gasteiger charge is 2.39. The van der Waals surface area contributed by atoms with Crippen molar-refractivity contribution < 1.29 is 8.42 Å². The maximum absolute atomic E-state index is 12.5. The number of aryl methyl sites for hydroxylation is 2. The van der Waals surface area contributed by atoms with Crippen molar-refractivity contribution in [2.75, 3.05) is 0 Å². The normalized spacial score (nSPS) is 18.4. The van der Waals surface area contributed by atoms with Crippen molar-refractivity contribution in [1.29, 1.82) is 5.26 Å². The quantitative estimate of drug-likeness (QED) is 0.900. The molecule has 0 atom stereocenters. The lowest BCUT2D eigenvalue weighted by Gasteiger charge is -2.21. The Morgan fingerprint density at radius 2 is 1.95 bits per heavy atom. The van der Waals surface area contributed by atoms with E-state index in [-0.39, 0.29) is 4.90 Å². The van der Waals surface area contributed by atoms with Gasteiger partial charge in [-0.2, -0.15) is 15.1 Å². The van der Waals surface area contributed by atoms with Gasteiger partial charge in [-0.3, -0.25) is 4.68 Å². The fourth-order valence-electron chi connectivity index (χ4n) is 2.67. The Morgan fingerprint density at radius 3 is 2.37 bits per heavy atom. The molecule has 0 aliphatic heterocycles. The van der Waals surface area contributed by atoms with Crippen LogP contribution in [0.2, 0.25) is 0 Å². The second kappa shape index (κ2) is 4.62. The van der Waals surface area contributed by atoms with Crippen LogP contribution in [0.4, 0.5) is 0 Å². The van der Waals surface area contributed by atoms with Crippen LogP contribution in [0.25, 0.3) is 0 Å². The van der Waals surface area contributed by atoms with E-state index in [0.717, 1.165) is 12.8 Å². The first-order valence-corrected chi connectivity index (χ1v) is 7.75. The molecule has 7 heteroatoms. The minimum atomic E-state index is -3.71. The van der Waals surface area contributed by atoms with Crippen molar-refractivity contribution in [2.24, 2.45) is 7.05 Å². The monoisotopic (exact) mass is 282 g/mol. The number of nitrogens with one attached hydrogen (secondary N) is 1. The third-order valence-electron chi connectivity index (χ3n) is 3.71. The van der Waals surface area contributed by atoms with Crippen LogP contribution in [0.5, 0.6) is 0 Å². The standard InChI is InChI=1S/C12H18N4O2S/c1-9-11(10(2)16(3)14-9)19(17,18)15-12(8-13)6-4-5-7-12/h15H,4-7H2,1-3H3. The Morgan fingerprint density at radius 1 is 1.37 bits per heavy atom. The zero-order valence-corrected chi connectivity index (χ0v) is 12.2. The zero-order chi connectivity index (χ0) is 14.3. The van der Waals surface area contributed by atoms with Crippen LogP contribution in [-0.4, -0.2) is 23.7 Å². The van der Waals surface area contributed by atoms with Gasteiger partial charge in [0.25, 0.3) is 0 Å². The molecule has 1 heterocycles. The highest BCUT2D eigenvalue weighted by molar-refractivity contribution is 7.89.